The maximum absolute atomic E-state index is 9.33. The lowest BCUT2D eigenvalue weighted by atomic mass is 9.75. The van der Waals surface area contributed by atoms with Crippen molar-refractivity contribution in [1.29, 1.82) is 0 Å². The molecule has 0 spiro atoms. The van der Waals surface area contributed by atoms with Crippen LogP contribution in [0.1, 0.15) is 67.2 Å². The summed E-state index contributed by atoms with van der Waals surface area (Å²) in [5.41, 5.74) is 0.325. The second-order valence-corrected chi connectivity index (χ2v) is 6.41. The molecule has 2 nitrogen and oxygen atoms in total. The highest BCUT2D eigenvalue weighted by Gasteiger charge is 2.25. The Balaban J connectivity index is 4.07. The number of ether oxygens (including phenoxy) is 1. The molecule has 2 heteroatoms. The number of hydrogen-bond donors (Lipinski definition) is 1. The van der Waals surface area contributed by atoms with Gasteiger partial charge < -0.3 is 9.84 Å². The summed E-state index contributed by atoms with van der Waals surface area (Å²) in [6.45, 7) is 14.4. The first-order valence-corrected chi connectivity index (χ1v) is 7.61. The fourth-order valence-corrected chi connectivity index (χ4v) is 2.20. The highest BCUT2D eigenvalue weighted by molar-refractivity contribution is 4.75. The van der Waals surface area contributed by atoms with Crippen LogP contribution in [0.5, 0.6) is 0 Å². The number of aliphatic hydroxyl groups excluding tert-OH is 1. The molecule has 0 aliphatic rings. The van der Waals surface area contributed by atoms with Gasteiger partial charge in [-0.1, -0.05) is 60.8 Å². The third-order valence-corrected chi connectivity index (χ3v) is 4.59. The van der Waals surface area contributed by atoms with E-state index in [9.17, 15) is 5.11 Å². The van der Waals surface area contributed by atoms with Crippen LogP contribution in [0, 0.1) is 17.3 Å². The zero-order valence-electron chi connectivity index (χ0n) is 13.3. The fourth-order valence-electron chi connectivity index (χ4n) is 2.20. The summed E-state index contributed by atoms with van der Waals surface area (Å²) in [4.78, 5) is 0. The van der Waals surface area contributed by atoms with E-state index in [1.807, 2.05) is 0 Å². The van der Waals surface area contributed by atoms with Gasteiger partial charge in [-0.05, 0) is 23.7 Å². The maximum atomic E-state index is 9.33. The van der Waals surface area contributed by atoms with E-state index in [0.717, 1.165) is 25.4 Å². The molecule has 0 radical (unpaired) electrons. The zero-order valence-corrected chi connectivity index (χ0v) is 13.3. The summed E-state index contributed by atoms with van der Waals surface area (Å²) in [6, 6.07) is 0. The third kappa shape index (κ3) is 6.19. The molecule has 0 bridgehead atoms. The van der Waals surface area contributed by atoms with E-state index in [2.05, 4.69) is 41.5 Å². The van der Waals surface area contributed by atoms with Gasteiger partial charge in [-0.2, -0.15) is 0 Å². The van der Waals surface area contributed by atoms with E-state index in [1.165, 1.54) is 12.8 Å². The average Bonchev–Trinajstić information content (AvgIpc) is 2.34. The van der Waals surface area contributed by atoms with Crippen molar-refractivity contribution in [3.8, 4) is 0 Å². The molecule has 0 aromatic rings. The van der Waals surface area contributed by atoms with Crippen molar-refractivity contribution >= 4 is 0 Å². The standard InChI is InChI=1S/C16H34O2/c1-7-9-14(4)16(5,6)10-11-18-15(12-17)13(3)8-2/h13-15,17H,7-12H2,1-6H3. The predicted octanol–water partition coefficient (Wildman–Crippen LogP) is 4.26. The molecule has 0 aromatic heterocycles. The van der Waals surface area contributed by atoms with Crippen LogP contribution in [0.3, 0.4) is 0 Å². The molecule has 0 amide bonds. The molecule has 1 N–H and O–H groups in total. The SMILES string of the molecule is CCCC(C)C(C)(C)CCOC(CO)C(C)CC. The summed E-state index contributed by atoms with van der Waals surface area (Å²) < 4.78 is 5.86. The lowest BCUT2D eigenvalue weighted by Gasteiger charge is -2.32. The van der Waals surface area contributed by atoms with Crippen molar-refractivity contribution in [2.45, 2.75) is 73.3 Å². The number of hydrogen-bond acceptors (Lipinski definition) is 2. The predicted molar refractivity (Wildman–Crippen MR) is 78.8 cm³/mol. The lowest BCUT2D eigenvalue weighted by Crippen LogP contribution is -2.29. The quantitative estimate of drug-likeness (QED) is 0.634. The van der Waals surface area contributed by atoms with E-state index in [1.54, 1.807) is 0 Å². The van der Waals surface area contributed by atoms with E-state index >= 15 is 0 Å². The van der Waals surface area contributed by atoms with E-state index in [4.69, 9.17) is 4.74 Å². The van der Waals surface area contributed by atoms with Gasteiger partial charge in [-0.3, -0.25) is 0 Å². The maximum Gasteiger partial charge on any atom is 0.0831 e. The van der Waals surface area contributed by atoms with E-state index < -0.39 is 0 Å². The smallest absolute Gasteiger partial charge is 0.0831 e. The minimum atomic E-state index is 0.00674. The van der Waals surface area contributed by atoms with Crippen molar-refractivity contribution in [3.05, 3.63) is 0 Å². The van der Waals surface area contributed by atoms with E-state index in [0.29, 0.717) is 11.3 Å². The third-order valence-electron chi connectivity index (χ3n) is 4.59. The Kier molecular flexibility index (Phi) is 8.89. The molecule has 0 aliphatic carbocycles. The summed E-state index contributed by atoms with van der Waals surface area (Å²) in [5, 5.41) is 9.33. The molecule has 0 aromatic carbocycles. The van der Waals surface area contributed by atoms with Gasteiger partial charge in [-0.15, -0.1) is 0 Å². The van der Waals surface area contributed by atoms with Gasteiger partial charge in [-0.25, -0.2) is 0 Å². The summed E-state index contributed by atoms with van der Waals surface area (Å²) >= 11 is 0. The Morgan fingerprint density at radius 1 is 1.17 bits per heavy atom. The van der Waals surface area contributed by atoms with Gasteiger partial charge in [0, 0.05) is 6.61 Å². The van der Waals surface area contributed by atoms with Crippen LogP contribution in [-0.2, 0) is 4.74 Å². The largest absolute Gasteiger partial charge is 0.394 e. The highest BCUT2D eigenvalue weighted by Crippen LogP contribution is 2.33. The Morgan fingerprint density at radius 3 is 2.22 bits per heavy atom. The first-order valence-electron chi connectivity index (χ1n) is 7.61. The molecule has 0 saturated heterocycles. The Labute approximate surface area is 114 Å². The first kappa shape index (κ1) is 17.9. The van der Waals surface area contributed by atoms with Gasteiger partial charge in [0.05, 0.1) is 12.7 Å². The van der Waals surface area contributed by atoms with Crippen LogP contribution in [-0.4, -0.2) is 24.4 Å². The second kappa shape index (κ2) is 8.92. The molecule has 110 valence electrons. The molecule has 3 atom stereocenters. The van der Waals surface area contributed by atoms with Crippen LogP contribution in [0.2, 0.25) is 0 Å². The molecule has 0 fully saturated rings. The van der Waals surface area contributed by atoms with Crippen molar-refractivity contribution in [1.82, 2.24) is 0 Å². The Bertz CT molecular complexity index is 201. The number of aliphatic hydroxyl groups is 1. The molecule has 0 aliphatic heterocycles. The summed E-state index contributed by atoms with van der Waals surface area (Å²) in [5.74, 6) is 1.16. The Morgan fingerprint density at radius 2 is 1.78 bits per heavy atom. The van der Waals surface area contributed by atoms with Crippen molar-refractivity contribution < 1.29 is 9.84 Å². The molecule has 18 heavy (non-hydrogen) atoms. The van der Waals surface area contributed by atoms with Gasteiger partial charge >= 0.3 is 0 Å². The molecular formula is C16H34O2. The molecular weight excluding hydrogens is 224 g/mol. The van der Waals surface area contributed by atoms with Crippen molar-refractivity contribution in [3.63, 3.8) is 0 Å². The summed E-state index contributed by atoms with van der Waals surface area (Å²) in [6.07, 6.45) is 4.66. The van der Waals surface area contributed by atoms with Gasteiger partial charge in [0.2, 0.25) is 0 Å². The van der Waals surface area contributed by atoms with Gasteiger partial charge in [0.15, 0.2) is 0 Å². The molecule has 3 unspecified atom stereocenters. The molecule has 0 heterocycles. The topological polar surface area (TPSA) is 29.5 Å². The van der Waals surface area contributed by atoms with Gasteiger partial charge in [0.1, 0.15) is 0 Å². The highest BCUT2D eigenvalue weighted by atomic mass is 16.5. The van der Waals surface area contributed by atoms with Crippen molar-refractivity contribution in [2.24, 2.45) is 17.3 Å². The van der Waals surface area contributed by atoms with Crippen molar-refractivity contribution in [2.75, 3.05) is 13.2 Å². The minimum absolute atomic E-state index is 0.00674. The van der Waals surface area contributed by atoms with Crippen LogP contribution in [0.4, 0.5) is 0 Å². The molecule has 0 rings (SSSR count). The fraction of sp³-hybridized carbons (Fsp3) is 1.00. The minimum Gasteiger partial charge on any atom is -0.394 e. The second-order valence-electron chi connectivity index (χ2n) is 6.41. The average molecular weight is 258 g/mol. The normalized spacial score (nSPS) is 17.5. The lowest BCUT2D eigenvalue weighted by molar-refractivity contribution is -0.0332. The zero-order chi connectivity index (χ0) is 14.2. The number of rotatable bonds is 10. The Hall–Kier alpha value is -0.0800. The first-order chi connectivity index (χ1) is 8.38. The van der Waals surface area contributed by atoms with Crippen LogP contribution in [0.25, 0.3) is 0 Å². The summed E-state index contributed by atoms with van der Waals surface area (Å²) in [7, 11) is 0. The van der Waals surface area contributed by atoms with Crippen LogP contribution >= 0.6 is 0 Å². The molecule has 0 saturated carbocycles. The van der Waals surface area contributed by atoms with E-state index in [-0.39, 0.29) is 12.7 Å². The van der Waals surface area contributed by atoms with Crippen LogP contribution in [0.15, 0.2) is 0 Å². The van der Waals surface area contributed by atoms with Gasteiger partial charge in [0.25, 0.3) is 0 Å². The monoisotopic (exact) mass is 258 g/mol. The van der Waals surface area contributed by atoms with Crippen LogP contribution < -0.4 is 0 Å².